The number of esters is 2. The van der Waals surface area contributed by atoms with Gasteiger partial charge >= 0.3 is 18.1 Å². The van der Waals surface area contributed by atoms with Gasteiger partial charge in [0.05, 0.1) is 5.56 Å². The number of fused-ring (bicyclic) bond motifs is 1. The Morgan fingerprint density at radius 3 is 2.47 bits per heavy atom. The van der Waals surface area contributed by atoms with E-state index in [-0.39, 0.29) is 0 Å². The number of carbonyl (C=O) groups excluding carboxylic acids is 2. The van der Waals surface area contributed by atoms with Gasteiger partial charge < -0.3 is 4.74 Å². The molecule has 0 aliphatic carbocycles. The normalized spacial score (nSPS) is 15.1. The van der Waals surface area contributed by atoms with Crippen LogP contribution in [0.3, 0.4) is 0 Å². The number of pyridine rings is 1. The zero-order chi connectivity index (χ0) is 11.2. The maximum atomic E-state index is 12.4. The summed E-state index contributed by atoms with van der Waals surface area (Å²) in [6.07, 6.45) is -3.90. The van der Waals surface area contributed by atoms with Crippen LogP contribution in [0.25, 0.3) is 0 Å². The molecule has 0 bridgehead atoms. The molecule has 2 rings (SSSR count). The average Bonchev–Trinajstić information content (AvgIpc) is 2.41. The first kappa shape index (κ1) is 9.63. The molecule has 0 atom stereocenters. The molecule has 0 unspecified atom stereocenters. The van der Waals surface area contributed by atoms with Crippen LogP contribution < -0.4 is 0 Å². The topological polar surface area (TPSA) is 56.3 Å². The summed E-state index contributed by atoms with van der Waals surface area (Å²) in [5, 5.41) is 0. The van der Waals surface area contributed by atoms with E-state index in [1.165, 1.54) is 0 Å². The number of hydrogen-bond donors (Lipinski definition) is 0. The van der Waals surface area contributed by atoms with E-state index >= 15 is 0 Å². The Morgan fingerprint density at radius 2 is 1.87 bits per heavy atom. The Kier molecular flexibility index (Phi) is 1.79. The van der Waals surface area contributed by atoms with Crippen molar-refractivity contribution in [3.63, 3.8) is 0 Å². The number of rotatable bonds is 0. The number of carbonyl (C=O) groups is 2. The minimum atomic E-state index is -4.71. The third-order valence-corrected chi connectivity index (χ3v) is 1.84. The monoisotopic (exact) mass is 217 g/mol. The summed E-state index contributed by atoms with van der Waals surface area (Å²) in [7, 11) is 0. The quantitative estimate of drug-likeness (QED) is 0.487. The van der Waals surface area contributed by atoms with Crippen LogP contribution in [0.4, 0.5) is 13.2 Å². The summed E-state index contributed by atoms with van der Waals surface area (Å²) in [5.41, 5.74) is -2.60. The highest BCUT2D eigenvalue weighted by atomic mass is 19.4. The Labute approximate surface area is 80.7 Å². The number of cyclic esters (lactones) is 2. The molecule has 1 aliphatic rings. The van der Waals surface area contributed by atoms with Crippen molar-refractivity contribution in [1.82, 2.24) is 4.98 Å². The summed E-state index contributed by atoms with van der Waals surface area (Å²) < 4.78 is 41.2. The molecular formula is C8H2F3NO3. The van der Waals surface area contributed by atoms with Gasteiger partial charge in [0.15, 0.2) is 5.69 Å². The largest absolute Gasteiger partial charge is 0.417 e. The lowest BCUT2D eigenvalue weighted by atomic mass is 10.1. The number of ether oxygens (including phenoxy) is 1. The minimum Gasteiger partial charge on any atom is -0.384 e. The first-order chi connectivity index (χ1) is 6.91. The Morgan fingerprint density at radius 1 is 1.20 bits per heavy atom. The molecule has 1 aliphatic heterocycles. The van der Waals surface area contributed by atoms with Crippen LogP contribution >= 0.6 is 0 Å². The molecule has 0 fully saturated rings. The first-order valence-electron chi connectivity index (χ1n) is 3.74. The van der Waals surface area contributed by atoms with Crippen LogP contribution in [0.5, 0.6) is 0 Å². The van der Waals surface area contributed by atoms with Crippen molar-refractivity contribution in [2.45, 2.75) is 6.18 Å². The summed E-state index contributed by atoms with van der Waals surface area (Å²) >= 11 is 0. The molecule has 4 nitrogen and oxygen atoms in total. The molecule has 7 heteroatoms. The highest BCUT2D eigenvalue weighted by molar-refractivity contribution is 6.14. The molecule has 1 aromatic heterocycles. The van der Waals surface area contributed by atoms with Gasteiger partial charge in [0.25, 0.3) is 0 Å². The van der Waals surface area contributed by atoms with Gasteiger partial charge in [-0.05, 0) is 6.07 Å². The van der Waals surface area contributed by atoms with Crippen LogP contribution in [0.2, 0.25) is 0 Å². The van der Waals surface area contributed by atoms with Crippen molar-refractivity contribution in [2.24, 2.45) is 0 Å². The van der Waals surface area contributed by atoms with Crippen LogP contribution in [0.15, 0.2) is 12.3 Å². The minimum absolute atomic E-state index is 0.588. The smallest absolute Gasteiger partial charge is 0.384 e. The second-order valence-corrected chi connectivity index (χ2v) is 2.76. The molecule has 0 spiro atoms. The lowest BCUT2D eigenvalue weighted by molar-refractivity contribution is -0.138. The fraction of sp³-hybridized carbons (Fsp3) is 0.125. The van der Waals surface area contributed by atoms with Crippen molar-refractivity contribution in [3.05, 3.63) is 29.1 Å². The number of halogens is 3. The molecule has 15 heavy (non-hydrogen) atoms. The second kappa shape index (κ2) is 2.78. The van der Waals surface area contributed by atoms with Crippen molar-refractivity contribution in [3.8, 4) is 0 Å². The number of hydrogen-bond acceptors (Lipinski definition) is 4. The van der Waals surface area contributed by atoms with Crippen molar-refractivity contribution in [2.75, 3.05) is 0 Å². The molecule has 1 aromatic rings. The molecule has 0 amide bonds. The average molecular weight is 217 g/mol. The molecule has 0 radical (unpaired) electrons. The Bertz CT molecular complexity index is 467. The van der Waals surface area contributed by atoms with E-state index in [9.17, 15) is 22.8 Å². The molecule has 2 heterocycles. The van der Waals surface area contributed by atoms with E-state index < -0.39 is 34.9 Å². The SMILES string of the molecule is O=C1OC(=O)c2c(C(F)(F)F)ccnc21. The number of aromatic nitrogens is 1. The van der Waals surface area contributed by atoms with Gasteiger partial charge in [-0.25, -0.2) is 14.6 Å². The maximum absolute atomic E-state index is 12.4. The lowest BCUT2D eigenvalue weighted by Crippen LogP contribution is -2.12. The fourth-order valence-electron chi connectivity index (χ4n) is 1.24. The van der Waals surface area contributed by atoms with Crippen LogP contribution in [0.1, 0.15) is 26.4 Å². The molecular weight excluding hydrogens is 215 g/mol. The van der Waals surface area contributed by atoms with Crippen molar-refractivity contribution < 1.29 is 27.5 Å². The molecule has 78 valence electrons. The number of alkyl halides is 3. The zero-order valence-electron chi connectivity index (χ0n) is 6.96. The van der Waals surface area contributed by atoms with Gasteiger partial charge in [0.2, 0.25) is 0 Å². The second-order valence-electron chi connectivity index (χ2n) is 2.76. The van der Waals surface area contributed by atoms with Crippen LogP contribution in [-0.2, 0) is 10.9 Å². The van der Waals surface area contributed by atoms with E-state index in [1.807, 2.05) is 0 Å². The lowest BCUT2D eigenvalue weighted by Gasteiger charge is -2.07. The predicted molar refractivity (Wildman–Crippen MR) is 39.0 cm³/mol. The third kappa shape index (κ3) is 1.36. The molecule has 0 saturated carbocycles. The van der Waals surface area contributed by atoms with E-state index in [4.69, 9.17) is 0 Å². The van der Waals surface area contributed by atoms with Gasteiger partial charge in [0.1, 0.15) is 5.56 Å². The molecule has 0 N–H and O–H groups in total. The van der Waals surface area contributed by atoms with E-state index in [2.05, 4.69) is 9.72 Å². The standard InChI is InChI=1S/C8H2F3NO3/c9-8(10,11)3-1-2-12-5-4(3)6(13)15-7(5)14/h1-2H. The highest BCUT2D eigenvalue weighted by Crippen LogP contribution is 2.35. The van der Waals surface area contributed by atoms with Crippen LogP contribution in [0, 0.1) is 0 Å². The third-order valence-electron chi connectivity index (χ3n) is 1.84. The highest BCUT2D eigenvalue weighted by Gasteiger charge is 2.42. The summed E-state index contributed by atoms with van der Waals surface area (Å²) in [6, 6.07) is 0.624. The molecule has 0 saturated heterocycles. The van der Waals surface area contributed by atoms with Gasteiger partial charge in [0, 0.05) is 6.20 Å². The predicted octanol–water partition coefficient (Wildman–Crippen LogP) is 1.41. The summed E-state index contributed by atoms with van der Waals surface area (Å²) in [4.78, 5) is 25.2. The summed E-state index contributed by atoms with van der Waals surface area (Å²) in [6.45, 7) is 0. The summed E-state index contributed by atoms with van der Waals surface area (Å²) in [5.74, 6) is -2.46. The van der Waals surface area contributed by atoms with Crippen LogP contribution in [-0.4, -0.2) is 16.9 Å². The maximum Gasteiger partial charge on any atom is 0.417 e. The van der Waals surface area contributed by atoms with Gasteiger partial charge in [-0.2, -0.15) is 13.2 Å². The fourth-order valence-corrected chi connectivity index (χ4v) is 1.24. The van der Waals surface area contributed by atoms with Crippen molar-refractivity contribution >= 4 is 11.9 Å². The Balaban J connectivity index is 2.71. The van der Waals surface area contributed by atoms with Crippen molar-refractivity contribution in [1.29, 1.82) is 0 Å². The van der Waals surface area contributed by atoms with Gasteiger partial charge in [-0.15, -0.1) is 0 Å². The first-order valence-corrected chi connectivity index (χ1v) is 3.74. The van der Waals surface area contributed by atoms with E-state index in [0.717, 1.165) is 6.20 Å². The van der Waals surface area contributed by atoms with E-state index in [1.54, 1.807) is 0 Å². The number of nitrogens with zero attached hydrogens (tertiary/aromatic N) is 1. The molecule has 0 aromatic carbocycles. The van der Waals surface area contributed by atoms with E-state index in [0.29, 0.717) is 6.07 Å². The zero-order valence-corrected chi connectivity index (χ0v) is 6.96. The van der Waals surface area contributed by atoms with Gasteiger partial charge in [-0.3, -0.25) is 0 Å². The van der Waals surface area contributed by atoms with Gasteiger partial charge in [-0.1, -0.05) is 0 Å². The Hall–Kier alpha value is -1.92.